The Morgan fingerprint density at radius 3 is 2.97 bits per heavy atom. The van der Waals surface area contributed by atoms with Crippen LogP contribution in [0.4, 0.5) is 0 Å². The molecule has 7 heteroatoms. The van der Waals surface area contributed by atoms with Gasteiger partial charge in [-0.05, 0) is 62.3 Å². The molecule has 1 aromatic carbocycles. The smallest absolute Gasteiger partial charge is 0.276 e. The standard InChI is InChI=1S/C23H35N5O2/c1-18(2)16-27(21-11-7-12-24-15-21)23(29)22-17-28(26-25-22)20-10-6-9-19(14-20)8-4-5-13-30-3/h6,9-10,14,17-18,21,24H,4-5,7-8,11-13,15-16H2,1-3H3/t21-/m0/s1. The van der Waals surface area contributed by atoms with Gasteiger partial charge in [-0.2, -0.15) is 0 Å². The van der Waals surface area contributed by atoms with Gasteiger partial charge in [0.25, 0.3) is 5.91 Å². The summed E-state index contributed by atoms with van der Waals surface area (Å²) in [5.74, 6) is 0.375. The molecule has 7 nitrogen and oxygen atoms in total. The molecule has 1 saturated heterocycles. The topological polar surface area (TPSA) is 72.3 Å². The largest absolute Gasteiger partial charge is 0.385 e. The third kappa shape index (κ3) is 6.12. The van der Waals surface area contributed by atoms with Gasteiger partial charge < -0.3 is 15.0 Å². The second-order valence-electron chi connectivity index (χ2n) is 8.52. The summed E-state index contributed by atoms with van der Waals surface area (Å²) in [5, 5.41) is 11.9. The average molecular weight is 414 g/mol. The normalized spacial score (nSPS) is 16.7. The minimum Gasteiger partial charge on any atom is -0.385 e. The summed E-state index contributed by atoms with van der Waals surface area (Å²) >= 11 is 0. The van der Waals surface area contributed by atoms with Crippen molar-refractivity contribution in [1.82, 2.24) is 25.2 Å². The number of benzene rings is 1. The Labute approximate surface area is 179 Å². The summed E-state index contributed by atoms with van der Waals surface area (Å²) in [4.78, 5) is 15.2. The molecule has 1 amide bonds. The van der Waals surface area contributed by atoms with Crippen LogP contribution in [0.2, 0.25) is 0 Å². The molecule has 1 N–H and O–H groups in total. The predicted octanol–water partition coefficient (Wildman–Crippen LogP) is 3.09. The number of nitrogens with one attached hydrogen (secondary N) is 1. The van der Waals surface area contributed by atoms with E-state index in [4.69, 9.17) is 4.74 Å². The molecule has 0 radical (unpaired) electrons. The van der Waals surface area contributed by atoms with Gasteiger partial charge in [0, 0.05) is 32.8 Å². The maximum absolute atomic E-state index is 13.3. The number of nitrogens with zero attached hydrogens (tertiary/aromatic N) is 4. The van der Waals surface area contributed by atoms with E-state index in [1.807, 2.05) is 17.0 Å². The number of aromatic nitrogens is 3. The highest BCUT2D eigenvalue weighted by Crippen LogP contribution is 2.17. The molecule has 2 heterocycles. The number of carbonyl (C=O) groups excluding carboxylic acids is 1. The summed E-state index contributed by atoms with van der Waals surface area (Å²) in [7, 11) is 1.73. The lowest BCUT2D eigenvalue weighted by molar-refractivity contribution is 0.0614. The maximum atomic E-state index is 13.3. The first-order chi connectivity index (χ1) is 14.6. The number of piperidine rings is 1. The average Bonchev–Trinajstić information content (AvgIpc) is 3.26. The van der Waals surface area contributed by atoms with Gasteiger partial charge in [0.05, 0.1) is 11.9 Å². The molecule has 0 spiro atoms. The summed E-state index contributed by atoms with van der Waals surface area (Å²) in [6, 6.07) is 8.49. The van der Waals surface area contributed by atoms with Crippen molar-refractivity contribution in [3.8, 4) is 5.69 Å². The Balaban J connectivity index is 1.71. The van der Waals surface area contributed by atoms with Gasteiger partial charge in [-0.25, -0.2) is 4.68 Å². The fourth-order valence-electron chi connectivity index (χ4n) is 3.96. The Kier molecular flexibility index (Phi) is 8.39. The molecular weight excluding hydrogens is 378 g/mol. The first-order valence-corrected chi connectivity index (χ1v) is 11.1. The number of methoxy groups -OCH3 is 1. The van der Waals surface area contributed by atoms with E-state index >= 15 is 0 Å². The highest BCUT2D eigenvalue weighted by Gasteiger charge is 2.28. The number of ether oxygens (including phenoxy) is 1. The van der Waals surface area contributed by atoms with Crippen LogP contribution in [0.25, 0.3) is 5.69 Å². The number of carbonyl (C=O) groups is 1. The Bertz CT molecular complexity index is 798. The monoisotopic (exact) mass is 413 g/mol. The van der Waals surface area contributed by atoms with Crippen molar-refractivity contribution in [1.29, 1.82) is 0 Å². The molecule has 0 aliphatic carbocycles. The van der Waals surface area contributed by atoms with E-state index in [1.54, 1.807) is 18.0 Å². The van der Waals surface area contributed by atoms with E-state index in [0.29, 0.717) is 11.6 Å². The second-order valence-corrected chi connectivity index (χ2v) is 8.52. The zero-order valence-electron chi connectivity index (χ0n) is 18.5. The minimum absolute atomic E-state index is 0.0284. The molecule has 0 unspecified atom stereocenters. The third-order valence-corrected chi connectivity index (χ3v) is 5.49. The SMILES string of the molecule is COCCCCc1cccc(-n2cc(C(=O)N(CC(C)C)[C@H]3CCCNC3)nn2)c1. The molecule has 2 aromatic rings. The number of aryl methyl sites for hydroxylation is 1. The van der Waals surface area contributed by atoms with Crippen molar-refractivity contribution in [3.05, 3.63) is 41.7 Å². The molecule has 164 valence electrons. The van der Waals surface area contributed by atoms with E-state index in [-0.39, 0.29) is 11.9 Å². The molecule has 30 heavy (non-hydrogen) atoms. The molecule has 0 saturated carbocycles. The number of unbranched alkanes of at least 4 members (excludes halogenated alkanes) is 1. The van der Waals surface area contributed by atoms with Gasteiger partial charge in [-0.1, -0.05) is 31.2 Å². The Hall–Kier alpha value is -2.25. The summed E-state index contributed by atoms with van der Waals surface area (Å²) in [6.45, 7) is 7.68. The van der Waals surface area contributed by atoms with Gasteiger partial charge in [0.15, 0.2) is 5.69 Å². The van der Waals surface area contributed by atoms with E-state index in [2.05, 4.69) is 41.6 Å². The zero-order valence-corrected chi connectivity index (χ0v) is 18.5. The summed E-state index contributed by atoms with van der Waals surface area (Å²) in [6.07, 6.45) is 7.01. The van der Waals surface area contributed by atoms with Gasteiger partial charge in [0.2, 0.25) is 0 Å². The van der Waals surface area contributed by atoms with Gasteiger partial charge in [-0.15, -0.1) is 5.10 Å². The molecule has 1 aliphatic rings. The predicted molar refractivity (Wildman–Crippen MR) is 118 cm³/mol. The van der Waals surface area contributed by atoms with E-state index in [0.717, 1.165) is 64.0 Å². The highest BCUT2D eigenvalue weighted by atomic mass is 16.5. The van der Waals surface area contributed by atoms with Crippen LogP contribution in [0.1, 0.15) is 55.6 Å². The lowest BCUT2D eigenvalue weighted by Gasteiger charge is -2.35. The summed E-state index contributed by atoms with van der Waals surface area (Å²) < 4.78 is 6.83. The van der Waals surface area contributed by atoms with E-state index in [1.165, 1.54) is 5.56 Å². The van der Waals surface area contributed by atoms with Crippen LogP contribution in [0.3, 0.4) is 0 Å². The number of hydrogen-bond acceptors (Lipinski definition) is 5. The summed E-state index contributed by atoms with van der Waals surface area (Å²) in [5.41, 5.74) is 2.59. The van der Waals surface area contributed by atoms with Crippen molar-refractivity contribution in [2.24, 2.45) is 5.92 Å². The molecule has 0 bridgehead atoms. The number of amides is 1. The van der Waals surface area contributed by atoms with Crippen LogP contribution in [-0.2, 0) is 11.2 Å². The maximum Gasteiger partial charge on any atom is 0.276 e. The molecule has 1 atom stereocenters. The minimum atomic E-state index is -0.0284. The van der Waals surface area contributed by atoms with Crippen LogP contribution in [0.5, 0.6) is 0 Å². The van der Waals surface area contributed by atoms with Crippen molar-refractivity contribution in [2.45, 2.75) is 52.0 Å². The van der Waals surface area contributed by atoms with Crippen LogP contribution in [0.15, 0.2) is 30.5 Å². The first kappa shape index (κ1) is 22.4. The van der Waals surface area contributed by atoms with Crippen molar-refractivity contribution < 1.29 is 9.53 Å². The van der Waals surface area contributed by atoms with E-state index < -0.39 is 0 Å². The van der Waals surface area contributed by atoms with Crippen LogP contribution >= 0.6 is 0 Å². The van der Waals surface area contributed by atoms with Crippen molar-refractivity contribution >= 4 is 5.91 Å². The van der Waals surface area contributed by atoms with Crippen molar-refractivity contribution in [3.63, 3.8) is 0 Å². The molecule has 1 aromatic heterocycles. The Morgan fingerprint density at radius 2 is 2.23 bits per heavy atom. The van der Waals surface area contributed by atoms with E-state index in [9.17, 15) is 4.79 Å². The molecular formula is C23H35N5O2. The quantitative estimate of drug-likeness (QED) is 0.606. The molecule has 1 aliphatic heterocycles. The second kappa shape index (κ2) is 11.2. The number of rotatable bonds is 10. The highest BCUT2D eigenvalue weighted by molar-refractivity contribution is 5.92. The van der Waals surface area contributed by atoms with Crippen LogP contribution in [0, 0.1) is 5.92 Å². The van der Waals surface area contributed by atoms with Crippen LogP contribution in [-0.4, -0.2) is 65.2 Å². The lowest BCUT2D eigenvalue weighted by atomic mass is 10.0. The van der Waals surface area contributed by atoms with Crippen LogP contribution < -0.4 is 5.32 Å². The molecule has 1 fully saturated rings. The van der Waals surface area contributed by atoms with Gasteiger partial charge >= 0.3 is 0 Å². The third-order valence-electron chi connectivity index (χ3n) is 5.49. The fraction of sp³-hybridized carbons (Fsp3) is 0.609. The number of hydrogen-bond donors (Lipinski definition) is 1. The fourth-order valence-corrected chi connectivity index (χ4v) is 3.96. The van der Waals surface area contributed by atoms with Gasteiger partial charge in [0.1, 0.15) is 0 Å². The molecule has 3 rings (SSSR count). The van der Waals surface area contributed by atoms with Crippen molar-refractivity contribution in [2.75, 3.05) is 33.4 Å². The Morgan fingerprint density at radius 1 is 1.37 bits per heavy atom. The first-order valence-electron chi connectivity index (χ1n) is 11.1. The lowest BCUT2D eigenvalue weighted by Crippen LogP contribution is -2.50. The zero-order chi connectivity index (χ0) is 21.3. The van der Waals surface area contributed by atoms with Gasteiger partial charge in [-0.3, -0.25) is 4.79 Å².